The molecule has 1 N–H and O–H groups in total. The Morgan fingerprint density at radius 3 is 2.94 bits per heavy atom. The largest absolute Gasteiger partial charge is 0.380 e. The first-order chi connectivity index (χ1) is 8.15. The van der Waals surface area contributed by atoms with Crippen molar-refractivity contribution in [1.82, 2.24) is 9.55 Å². The van der Waals surface area contributed by atoms with Gasteiger partial charge in [-0.1, -0.05) is 0 Å². The average Bonchev–Trinajstić information content (AvgIpc) is 2.65. The fourth-order valence-corrected chi connectivity index (χ4v) is 2.62. The van der Waals surface area contributed by atoms with Crippen LogP contribution in [0.5, 0.6) is 0 Å². The maximum Gasteiger partial charge on any atom is 0.329 e. The third-order valence-corrected chi connectivity index (χ3v) is 3.58. The van der Waals surface area contributed by atoms with E-state index in [1.165, 1.54) is 15.9 Å². The maximum atomic E-state index is 12.1. The molecule has 0 fully saturated rings. The number of aryl methyl sites for hydroxylation is 1. The lowest BCUT2D eigenvalue weighted by molar-refractivity contribution is 0.137. The Morgan fingerprint density at radius 2 is 2.24 bits per heavy atom. The summed E-state index contributed by atoms with van der Waals surface area (Å²) in [6.07, 6.45) is 0. The summed E-state index contributed by atoms with van der Waals surface area (Å²) in [5, 5.41) is 2.47. The Balaban J connectivity index is 2.51. The zero-order chi connectivity index (χ0) is 12.4. The van der Waals surface area contributed by atoms with Gasteiger partial charge in [0.15, 0.2) is 0 Å². The zero-order valence-electron chi connectivity index (χ0n) is 9.78. The SMILES string of the molecule is CCOCCn1c(=O)[nH]c2scc(C)c2c1=O. The molecule has 6 heteroatoms. The molecule has 0 saturated carbocycles. The van der Waals surface area contributed by atoms with Gasteiger partial charge in [-0.05, 0) is 24.8 Å². The molecule has 17 heavy (non-hydrogen) atoms. The van der Waals surface area contributed by atoms with Gasteiger partial charge >= 0.3 is 5.69 Å². The van der Waals surface area contributed by atoms with Gasteiger partial charge in [0.25, 0.3) is 5.56 Å². The number of thiophene rings is 1. The van der Waals surface area contributed by atoms with Gasteiger partial charge in [0, 0.05) is 6.61 Å². The van der Waals surface area contributed by atoms with Crippen LogP contribution in [0.4, 0.5) is 0 Å². The first-order valence-corrected chi connectivity index (χ1v) is 6.31. The Morgan fingerprint density at radius 1 is 1.47 bits per heavy atom. The van der Waals surface area contributed by atoms with Crippen molar-refractivity contribution in [2.24, 2.45) is 0 Å². The topological polar surface area (TPSA) is 64.1 Å². The number of aromatic nitrogens is 2. The number of aromatic amines is 1. The second-order valence-electron chi connectivity index (χ2n) is 3.71. The van der Waals surface area contributed by atoms with Crippen LogP contribution in [0, 0.1) is 6.92 Å². The lowest BCUT2D eigenvalue weighted by atomic mass is 10.3. The molecule has 0 unspecified atom stereocenters. The molecule has 0 saturated heterocycles. The predicted molar refractivity (Wildman–Crippen MR) is 67.9 cm³/mol. The van der Waals surface area contributed by atoms with Gasteiger partial charge in [-0.25, -0.2) is 4.79 Å². The number of nitrogens with one attached hydrogen (secondary N) is 1. The summed E-state index contributed by atoms with van der Waals surface area (Å²) in [5.41, 5.74) is 0.294. The number of H-pyrrole nitrogens is 1. The van der Waals surface area contributed by atoms with Crippen molar-refractivity contribution in [1.29, 1.82) is 0 Å². The molecule has 2 aromatic rings. The summed E-state index contributed by atoms with van der Waals surface area (Å²) in [6, 6.07) is 0. The Hall–Kier alpha value is -1.40. The van der Waals surface area contributed by atoms with Crippen molar-refractivity contribution in [2.45, 2.75) is 20.4 Å². The van der Waals surface area contributed by atoms with E-state index < -0.39 is 0 Å². The highest BCUT2D eigenvalue weighted by atomic mass is 32.1. The second-order valence-corrected chi connectivity index (χ2v) is 4.59. The van der Waals surface area contributed by atoms with Crippen molar-refractivity contribution in [3.8, 4) is 0 Å². The molecule has 5 nitrogen and oxygen atoms in total. The van der Waals surface area contributed by atoms with Gasteiger partial charge in [-0.15, -0.1) is 11.3 Å². The summed E-state index contributed by atoms with van der Waals surface area (Å²) in [7, 11) is 0. The summed E-state index contributed by atoms with van der Waals surface area (Å²) in [5.74, 6) is 0. The van der Waals surface area contributed by atoms with Gasteiger partial charge in [0.05, 0.1) is 18.5 Å². The lowest BCUT2D eigenvalue weighted by Crippen LogP contribution is -2.36. The Labute approximate surface area is 102 Å². The molecular formula is C11H14N2O3S. The molecular weight excluding hydrogens is 240 g/mol. The molecule has 92 valence electrons. The van der Waals surface area contributed by atoms with E-state index in [0.29, 0.717) is 23.4 Å². The van der Waals surface area contributed by atoms with E-state index in [4.69, 9.17) is 4.74 Å². The van der Waals surface area contributed by atoms with Crippen LogP contribution in [0.25, 0.3) is 10.2 Å². The first kappa shape index (κ1) is 12.1. The van der Waals surface area contributed by atoms with Crippen molar-refractivity contribution >= 4 is 21.6 Å². The number of ether oxygens (including phenoxy) is 1. The normalized spacial score (nSPS) is 11.2. The van der Waals surface area contributed by atoms with Gasteiger partial charge in [0.2, 0.25) is 0 Å². The molecule has 2 heterocycles. The van der Waals surface area contributed by atoms with Crippen LogP contribution >= 0.6 is 11.3 Å². The fraction of sp³-hybridized carbons (Fsp3) is 0.455. The minimum atomic E-state index is -0.371. The Kier molecular flexibility index (Phi) is 3.44. The van der Waals surface area contributed by atoms with E-state index in [2.05, 4.69) is 4.98 Å². The second kappa shape index (κ2) is 4.85. The van der Waals surface area contributed by atoms with E-state index in [9.17, 15) is 9.59 Å². The van der Waals surface area contributed by atoms with E-state index in [1.807, 2.05) is 19.2 Å². The molecule has 2 rings (SSSR count). The standard InChI is InChI=1S/C11H14N2O3S/c1-3-16-5-4-13-10(14)8-7(2)6-17-9(8)12-11(13)15/h6H,3-5H2,1-2H3,(H,12,15). The molecule has 0 aromatic carbocycles. The van der Waals surface area contributed by atoms with Crippen LogP contribution in [0.15, 0.2) is 15.0 Å². The molecule has 0 atom stereocenters. The van der Waals surface area contributed by atoms with Crippen LogP contribution in [0.1, 0.15) is 12.5 Å². The zero-order valence-corrected chi connectivity index (χ0v) is 10.6. The van der Waals surface area contributed by atoms with Gasteiger partial charge in [-0.2, -0.15) is 0 Å². The van der Waals surface area contributed by atoms with Crippen LogP contribution in [0.3, 0.4) is 0 Å². The molecule has 0 aliphatic rings. The highest BCUT2D eigenvalue weighted by Gasteiger charge is 2.10. The van der Waals surface area contributed by atoms with Crippen LogP contribution in [0.2, 0.25) is 0 Å². The number of rotatable bonds is 4. The first-order valence-electron chi connectivity index (χ1n) is 5.43. The van der Waals surface area contributed by atoms with E-state index in [-0.39, 0.29) is 17.8 Å². The molecule has 0 radical (unpaired) electrons. The van der Waals surface area contributed by atoms with Gasteiger partial charge < -0.3 is 4.74 Å². The maximum absolute atomic E-state index is 12.1. The molecule has 0 aliphatic heterocycles. The van der Waals surface area contributed by atoms with Crippen LogP contribution < -0.4 is 11.2 Å². The monoisotopic (exact) mass is 254 g/mol. The quantitative estimate of drug-likeness (QED) is 0.831. The highest BCUT2D eigenvalue weighted by Crippen LogP contribution is 2.18. The highest BCUT2D eigenvalue weighted by molar-refractivity contribution is 7.16. The van der Waals surface area contributed by atoms with E-state index >= 15 is 0 Å². The molecule has 0 amide bonds. The average molecular weight is 254 g/mol. The third kappa shape index (κ3) is 2.18. The predicted octanol–water partition coefficient (Wildman–Crippen LogP) is 1.10. The lowest BCUT2D eigenvalue weighted by Gasteiger charge is -2.04. The third-order valence-electron chi connectivity index (χ3n) is 2.56. The van der Waals surface area contributed by atoms with Crippen molar-refractivity contribution in [2.75, 3.05) is 13.2 Å². The molecule has 0 bridgehead atoms. The minimum Gasteiger partial charge on any atom is -0.380 e. The van der Waals surface area contributed by atoms with Gasteiger partial charge in [0.1, 0.15) is 4.83 Å². The van der Waals surface area contributed by atoms with E-state index in [1.54, 1.807) is 0 Å². The number of hydrogen-bond donors (Lipinski definition) is 1. The molecule has 0 aliphatic carbocycles. The van der Waals surface area contributed by atoms with E-state index in [0.717, 1.165) is 5.56 Å². The summed E-state index contributed by atoms with van der Waals surface area (Å²) >= 11 is 1.38. The minimum absolute atomic E-state index is 0.234. The van der Waals surface area contributed by atoms with Crippen LogP contribution in [-0.2, 0) is 11.3 Å². The summed E-state index contributed by atoms with van der Waals surface area (Å²) < 4.78 is 6.35. The molecule has 2 aromatic heterocycles. The fourth-order valence-electron chi connectivity index (χ4n) is 1.70. The number of fused-ring (bicyclic) bond motifs is 1. The van der Waals surface area contributed by atoms with Crippen LogP contribution in [-0.4, -0.2) is 22.8 Å². The summed E-state index contributed by atoms with van der Waals surface area (Å²) in [4.78, 5) is 27.2. The Bertz CT molecular complexity index is 638. The smallest absolute Gasteiger partial charge is 0.329 e. The molecule has 0 spiro atoms. The van der Waals surface area contributed by atoms with Crippen molar-refractivity contribution in [3.05, 3.63) is 31.8 Å². The van der Waals surface area contributed by atoms with Crippen molar-refractivity contribution < 1.29 is 4.74 Å². The summed E-state index contributed by atoms with van der Waals surface area (Å²) in [6.45, 7) is 4.97. The number of nitrogens with zero attached hydrogens (tertiary/aromatic N) is 1. The number of hydrogen-bond acceptors (Lipinski definition) is 4. The van der Waals surface area contributed by atoms with Gasteiger partial charge in [-0.3, -0.25) is 14.3 Å². The van der Waals surface area contributed by atoms with Crippen molar-refractivity contribution in [3.63, 3.8) is 0 Å².